The van der Waals surface area contributed by atoms with E-state index < -0.39 is 16.6 Å². The van der Waals surface area contributed by atoms with Crippen molar-refractivity contribution in [1.82, 2.24) is 4.98 Å². The first-order chi connectivity index (χ1) is 9.04. The molecule has 1 aliphatic rings. The first kappa shape index (κ1) is 13.0. The third-order valence-corrected chi connectivity index (χ3v) is 2.90. The van der Waals surface area contributed by atoms with Crippen LogP contribution in [0, 0.1) is 10.1 Å². The summed E-state index contributed by atoms with van der Waals surface area (Å²) in [6.45, 7) is 4.18. The number of aromatic carboxylic acids is 1. The number of anilines is 1. The zero-order valence-electron chi connectivity index (χ0n) is 10.2. The van der Waals surface area contributed by atoms with Gasteiger partial charge in [0.1, 0.15) is 17.6 Å². The van der Waals surface area contributed by atoms with Gasteiger partial charge in [-0.1, -0.05) is 6.08 Å². The number of nitro groups is 1. The largest absolute Gasteiger partial charge is 0.477 e. The Bertz CT molecular complexity index is 540. The van der Waals surface area contributed by atoms with E-state index in [4.69, 9.17) is 5.11 Å². The van der Waals surface area contributed by atoms with Gasteiger partial charge in [-0.3, -0.25) is 10.1 Å². The minimum Gasteiger partial charge on any atom is -0.477 e. The van der Waals surface area contributed by atoms with Crippen molar-refractivity contribution in [1.29, 1.82) is 0 Å². The van der Waals surface area contributed by atoms with Crippen LogP contribution in [0.15, 0.2) is 24.9 Å². The first-order valence-corrected chi connectivity index (χ1v) is 5.80. The van der Waals surface area contributed by atoms with Crippen molar-refractivity contribution in [3.63, 3.8) is 0 Å². The van der Waals surface area contributed by atoms with Crippen molar-refractivity contribution in [2.45, 2.75) is 18.9 Å². The molecule has 0 unspecified atom stereocenters. The highest BCUT2D eigenvalue weighted by Crippen LogP contribution is 2.32. The Labute approximate surface area is 109 Å². The number of aromatic nitrogens is 1. The molecule has 7 heteroatoms. The standard InChI is InChI=1S/C12H13N3O4/c1-2-5-14(8-3-4-8)11-6-9(12(16)17)10(7-13-11)15(18)19/h2,6-8H,1,3-5H2,(H,16,17). The normalized spacial score (nSPS) is 13.9. The lowest BCUT2D eigenvalue weighted by atomic mass is 10.2. The number of rotatable bonds is 6. The Morgan fingerprint density at radius 3 is 2.84 bits per heavy atom. The van der Waals surface area contributed by atoms with E-state index in [0.717, 1.165) is 19.0 Å². The van der Waals surface area contributed by atoms with Gasteiger partial charge >= 0.3 is 11.7 Å². The Balaban J connectivity index is 2.41. The van der Waals surface area contributed by atoms with Crippen LogP contribution in [0.2, 0.25) is 0 Å². The SMILES string of the molecule is C=CCN(c1cc(C(=O)O)c([N+](=O)[O-])cn1)C1CC1. The molecule has 1 N–H and O–H groups in total. The lowest BCUT2D eigenvalue weighted by molar-refractivity contribution is -0.385. The van der Waals surface area contributed by atoms with Gasteiger partial charge in [0, 0.05) is 18.7 Å². The summed E-state index contributed by atoms with van der Waals surface area (Å²) in [6, 6.07) is 1.57. The summed E-state index contributed by atoms with van der Waals surface area (Å²) in [7, 11) is 0. The van der Waals surface area contributed by atoms with E-state index in [1.54, 1.807) is 6.08 Å². The minimum absolute atomic E-state index is 0.314. The van der Waals surface area contributed by atoms with Crippen molar-refractivity contribution >= 4 is 17.5 Å². The van der Waals surface area contributed by atoms with E-state index in [0.29, 0.717) is 18.4 Å². The number of hydrogen-bond donors (Lipinski definition) is 1. The second-order valence-corrected chi connectivity index (χ2v) is 4.29. The van der Waals surface area contributed by atoms with Crippen molar-refractivity contribution in [2.75, 3.05) is 11.4 Å². The topological polar surface area (TPSA) is 96.6 Å². The maximum Gasteiger partial charge on any atom is 0.342 e. The molecular formula is C12H13N3O4. The van der Waals surface area contributed by atoms with E-state index in [1.165, 1.54) is 6.07 Å². The van der Waals surface area contributed by atoms with Gasteiger partial charge in [0.05, 0.1) is 4.92 Å². The number of carboxylic acids is 1. The smallest absolute Gasteiger partial charge is 0.342 e. The molecule has 2 rings (SSSR count). The van der Waals surface area contributed by atoms with Gasteiger partial charge in [0.15, 0.2) is 0 Å². The summed E-state index contributed by atoms with van der Waals surface area (Å²) < 4.78 is 0. The minimum atomic E-state index is -1.33. The quantitative estimate of drug-likeness (QED) is 0.478. The Morgan fingerprint density at radius 1 is 1.68 bits per heavy atom. The second-order valence-electron chi connectivity index (χ2n) is 4.29. The van der Waals surface area contributed by atoms with Crippen LogP contribution in [0.5, 0.6) is 0 Å². The predicted octanol–water partition coefficient (Wildman–Crippen LogP) is 1.84. The van der Waals surface area contributed by atoms with Crippen LogP contribution in [-0.4, -0.2) is 33.6 Å². The maximum atomic E-state index is 11.1. The maximum absolute atomic E-state index is 11.1. The molecule has 0 saturated heterocycles. The zero-order chi connectivity index (χ0) is 14.0. The Morgan fingerprint density at radius 2 is 2.37 bits per heavy atom. The Hall–Kier alpha value is -2.44. The molecule has 1 aliphatic carbocycles. The van der Waals surface area contributed by atoms with Crippen LogP contribution in [-0.2, 0) is 0 Å². The molecule has 0 bridgehead atoms. The van der Waals surface area contributed by atoms with Gasteiger partial charge in [0.25, 0.3) is 0 Å². The molecule has 100 valence electrons. The van der Waals surface area contributed by atoms with E-state index in [2.05, 4.69) is 11.6 Å². The van der Waals surface area contributed by atoms with Gasteiger partial charge in [-0.05, 0) is 12.8 Å². The number of carbonyl (C=O) groups is 1. The average molecular weight is 263 g/mol. The summed E-state index contributed by atoms with van der Waals surface area (Å²) in [5.41, 5.74) is -0.838. The summed E-state index contributed by atoms with van der Waals surface area (Å²) in [5, 5.41) is 19.8. The third kappa shape index (κ3) is 2.70. The summed E-state index contributed by atoms with van der Waals surface area (Å²) in [6.07, 6.45) is 4.71. The van der Waals surface area contributed by atoms with Crippen molar-refractivity contribution in [3.05, 3.63) is 40.6 Å². The van der Waals surface area contributed by atoms with Crippen LogP contribution in [0.1, 0.15) is 23.2 Å². The summed E-state index contributed by atoms with van der Waals surface area (Å²) in [4.78, 5) is 27.0. The fourth-order valence-corrected chi connectivity index (χ4v) is 1.87. The van der Waals surface area contributed by atoms with Crippen LogP contribution >= 0.6 is 0 Å². The molecule has 19 heavy (non-hydrogen) atoms. The number of hydrogen-bond acceptors (Lipinski definition) is 5. The highest BCUT2D eigenvalue weighted by Gasteiger charge is 2.31. The first-order valence-electron chi connectivity index (χ1n) is 5.80. The lowest BCUT2D eigenvalue weighted by Gasteiger charge is -2.21. The van der Waals surface area contributed by atoms with Gasteiger partial charge in [-0.15, -0.1) is 6.58 Å². The van der Waals surface area contributed by atoms with Gasteiger partial charge in [0.2, 0.25) is 0 Å². The van der Waals surface area contributed by atoms with Crippen LogP contribution < -0.4 is 4.90 Å². The molecule has 7 nitrogen and oxygen atoms in total. The summed E-state index contributed by atoms with van der Waals surface area (Å²) in [5.74, 6) is -0.893. The van der Waals surface area contributed by atoms with Crippen LogP contribution in [0.4, 0.5) is 11.5 Å². The van der Waals surface area contributed by atoms with E-state index in [9.17, 15) is 14.9 Å². The summed E-state index contributed by atoms with van der Waals surface area (Å²) >= 11 is 0. The molecule has 1 aromatic heterocycles. The van der Waals surface area contributed by atoms with Crippen molar-refractivity contribution in [2.24, 2.45) is 0 Å². The highest BCUT2D eigenvalue weighted by molar-refractivity contribution is 5.93. The predicted molar refractivity (Wildman–Crippen MR) is 68.4 cm³/mol. The number of nitrogens with zero attached hydrogens (tertiary/aromatic N) is 3. The monoisotopic (exact) mass is 263 g/mol. The molecule has 1 heterocycles. The van der Waals surface area contributed by atoms with E-state index in [-0.39, 0.29) is 5.56 Å². The average Bonchev–Trinajstić information content (AvgIpc) is 3.19. The van der Waals surface area contributed by atoms with Gasteiger partial charge < -0.3 is 10.0 Å². The molecule has 0 atom stereocenters. The highest BCUT2D eigenvalue weighted by atomic mass is 16.6. The fraction of sp³-hybridized carbons (Fsp3) is 0.333. The number of pyridine rings is 1. The number of carboxylic acid groups (broad SMARTS) is 1. The van der Waals surface area contributed by atoms with Crippen LogP contribution in [0.25, 0.3) is 0 Å². The molecular weight excluding hydrogens is 250 g/mol. The lowest BCUT2D eigenvalue weighted by Crippen LogP contribution is -2.27. The van der Waals surface area contributed by atoms with E-state index in [1.807, 2.05) is 4.90 Å². The van der Waals surface area contributed by atoms with Crippen molar-refractivity contribution < 1.29 is 14.8 Å². The molecule has 1 saturated carbocycles. The fourth-order valence-electron chi connectivity index (χ4n) is 1.87. The van der Waals surface area contributed by atoms with Gasteiger partial charge in [-0.2, -0.15) is 0 Å². The third-order valence-electron chi connectivity index (χ3n) is 2.90. The molecule has 0 amide bonds. The molecule has 1 aromatic rings. The van der Waals surface area contributed by atoms with Gasteiger partial charge in [-0.25, -0.2) is 9.78 Å². The zero-order valence-corrected chi connectivity index (χ0v) is 10.2. The van der Waals surface area contributed by atoms with Crippen molar-refractivity contribution in [3.8, 4) is 0 Å². The second kappa shape index (κ2) is 5.05. The van der Waals surface area contributed by atoms with E-state index >= 15 is 0 Å². The Kier molecular flexibility index (Phi) is 3.46. The molecule has 0 radical (unpaired) electrons. The molecule has 0 aliphatic heterocycles. The molecule has 1 fully saturated rings. The molecule has 0 aromatic carbocycles. The molecule has 0 spiro atoms. The van der Waals surface area contributed by atoms with Crippen LogP contribution in [0.3, 0.4) is 0 Å².